The van der Waals surface area contributed by atoms with Gasteiger partial charge in [0.05, 0.1) is 16.0 Å². The molecule has 0 radical (unpaired) electrons. The van der Waals surface area contributed by atoms with E-state index in [4.69, 9.17) is 4.84 Å². The van der Waals surface area contributed by atoms with E-state index in [2.05, 4.69) is 5.32 Å². The first-order chi connectivity index (χ1) is 14.0. The fraction of sp³-hybridized carbons (Fsp3) is 0.348. The highest BCUT2D eigenvalue weighted by Gasteiger charge is 2.68. The summed E-state index contributed by atoms with van der Waals surface area (Å²) in [6, 6.07) is 15.8. The Hall–Kier alpha value is -3.03. The summed E-state index contributed by atoms with van der Waals surface area (Å²) >= 11 is 0. The monoisotopic (exact) mass is 407 g/mol. The number of Topliss-reactive ketones (excluding diaryl/α,β-unsaturated/α-hetero) is 1. The smallest absolute Gasteiger partial charge is 0.269 e. The highest BCUT2D eigenvalue weighted by molar-refractivity contribution is 6.03. The number of non-ortho nitro benzene ring substituents is 1. The molecule has 0 bridgehead atoms. The number of rotatable bonds is 4. The summed E-state index contributed by atoms with van der Waals surface area (Å²) in [5, 5.41) is 16.9. The molecule has 1 N–H and O–H groups in total. The molecule has 2 aliphatic rings. The zero-order valence-corrected chi connectivity index (χ0v) is 17.7. The van der Waals surface area contributed by atoms with E-state index in [9.17, 15) is 14.9 Å². The molecule has 7 nitrogen and oxygen atoms in total. The van der Waals surface area contributed by atoms with Crippen LogP contribution >= 0.6 is 0 Å². The Morgan fingerprint density at radius 2 is 1.73 bits per heavy atom. The highest BCUT2D eigenvalue weighted by atomic mass is 16.7. The van der Waals surface area contributed by atoms with Crippen molar-refractivity contribution in [2.24, 2.45) is 0 Å². The molecule has 1 atom stereocenters. The Morgan fingerprint density at radius 1 is 1.07 bits per heavy atom. The normalized spacial score (nSPS) is 24.4. The van der Waals surface area contributed by atoms with Crippen molar-refractivity contribution in [3.05, 3.63) is 81.4 Å². The second kappa shape index (κ2) is 6.48. The van der Waals surface area contributed by atoms with Gasteiger partial charge in [0.25, 0.3) is 5.69 Å². The molecular weight excluding hydrogens is 382 g/mol. The molecule has 0 saturated carbocycles. The van der Waals surface area contributed by atoms with Gasteiger partial charge in [-0.2, -0.15) is 0 Å². The number of benzene rings is 2. The summed E-state index contributed by atoms with van der Waals surface area (Å²) in [7, 11) is 0. The van der Waals surface area contributed by atoms with Gasteiger partial charge in [-0.3, -0.25) is 20.2 Å². The Labute approximate surface area is 175 Å². The summed E-state index contributed by atoms with van der Waals surface area (Å²) in [5.41, 5.74) is -0.412. The molecule has 2 aromatic carbocycles. The molecule has 2 aliphatic heterocycles. The van der Waals surface area contributed by atoms with Crippen molar-refractivity contribution in [1.29, 1.82) is 0 Å². The van der Waals surface area contributed by atoms with Gasteiger partial charge in [-0.05, 0) is 34.6 Å². The minimum absolute atomic E-state index is 0.0396. The Bertz CT molecular complexity index is 1070. The van der Waals surface area contributed by atoms with E-state index in [0.29, 0.717) is 16.9 Å². The lowest BCUT2D eigenvalue weighted by molar-refractivity contribution is -0.385. The number of hydrogen-bond donors (Lipinski definition) is 1. The number of ketones is 1. The van der Waals surface area contributed by atoms with Crippen molar-refractivity contribution in [3.8, 4) is 0 Å². The molecule has 1 unspecified atom stereocenters. The third-order valence-electron chi connectivity index (χ3n) is 6.47. The van der Waals surface area contributed by atoms with Crippen molar-refractivity contribution in [3.63, 3.8) is 0 Å². The van der Waals surface area contributed by atoms with E-state index in [-0.39, 0.29) is 11.5 Å². The van der Waals surface area contributed by atoms with Crippen molar-refractivity contribution in [2.75, 3.05) is 0 Å². The second-order valence-electron chi connectivity index (χ2n) is 8.84. The zero-order valence-electron chi connectivity index (χ0n) is 17.7. The third-order valence-corrected chi connectivity index (χ3v) is 6.47. The van der Waals surface area contributed by atoms with Gasteiger partial charge in [0.1, 0.15) is 0 Å². The van der Waals surface area contributed by atoms with Gasteiger partial charge in [0.15, 0.2) is 17.2 Å². The van der Waals surface area contributed by atoms with Crippen LogP contribution in [0.5, 0.6) is 0 Å². The van der Waals surface area contributed by atoms with Gasteiger partial charge < -0.3 is 4.84 Å². The van der Waals surface area contributed by atoms with E-state index < -0.39 is 21.7 Å². The van der Waals surface area contributed by atoms with E-state index in [1.165, 1.54) is 19.1 Å². The fourth-order valence-corrected chi connectivity index (χ4v) is 4.36. The van der Waals surface area contributed by atoms with Crippen LogP contribution < -0.4 is 5.32 Å². The van der Waals surface area contributed by atoms with Crippen LogP contribution in [-0.2, 0) is 15.3 Å². The van der Waals surface area contributed by atoms with Crippen LogP contribution in [0, 0.1) is 10.1 Å². The van der Waals surface area contributed by atoms with E-state index in [1.807, 2.05) is 58.0 Å². The maximum absolute atomic E-state index is 13.1. The molecule has 7 heteroatoms. The van der Waals surface area contributed by atoms with Gasteiger partial charge >= 0.3 is 0 Å². The van der Waals surface area contributed by atoms with E-state index >= 15 is 0 Å². The average Bonchev–Trinajstić information content (AvgIpc) is 3.11. The van der Waals surface area contributed by atoms with Crippen molar-refractivity contribution in [1.82, 2.24) is 10.4 Å². The molecule has 1 fully saturated rings. The van der Waals surface area contributed by atoms with Crippen LogP contribution in [0.25, 0.3) is 5.76 Å². The SMILES string of the molecule is CC(=O)C1=C(c2ccccc2)ON2C1(c1cccc([N+](=O)[O-])c1)NC(C)(C)C2(C)C. The molecule has 2 aromatic rings. The minimum Gasteiger partial charge on any atom is -0.402 e. The average molecular weight is 407 g/mol. The number of carbonyl (C=O) groups excluding carboxylic acids is 1. The second-order valence-corrected chi connectivity index (χ2v) is 8.84. The number of nitrogens with zero attached hydrogens (tertiary/aromatic N) is 2. The summed E-state index contributed by atoms with van der Waals surface area (Å²) in [4.78, 5) is 30.5. The minimum atomic E-state index is -1.16. The predicted molar refractivity (Wildman–Crippen MR) is 113 cm³/mol. The first-order valence-electron chi connectivity index (χ1n) is 9.86. The third kappa shape index (κ3) is 2.62. The summed E-state index contributed by atoms with van der Waals surface area (Å²) in [6.07, 6.45) is 0. The first kappa shape index (κ1) is 20.3. The first-order valence-corrected chi connectivity index (χ1v) is 9.86. The van der Waals surface area contributed by atoms with Crippen LogP contribution in [0.4, 0.5) is 5.69 Å². The topological polar surface area (TPSA) is 84.7 Å². The van der Waals surface area contributed by atoms with Crippen LogP contribution in [0.2, 0.25) is 0 Å². The van der Waals surface area contributed by atoms with E-state index in [1.54, 1.807) is 17.2 Å². The quantitative estimate of drug-likeness (QED) is 0.605. The van der Waals surface area contributed by atoms with Crippen molar-refractivity contribution < 1.29 is 14.6 Å². The number of nitrogens with one attached hydrogen (secondary N) is 1. The van der Waals surface area contributed by atoms with Crippen LogP contribution in [0.3, 0.4) is 0 Å². The summed E-state index contributed by atoms with van der Waals surface area (Å²) in [6.45, 7) is 9.64. The number of carbonyl (C=O) groups is 1. The molecule has 2 heterocycles. The molecule has 30 heavy (non-hydrogen) atoms. The molecule has 0 aromatic heterocycles. The van der Waals surface area contributed by atoms with E-state index in [0.717, 1.165) is 5.56 Å². The maximum atomic E-state index is 13.1. The molecule has 1 saturated heterocycles. The van der Waals surface area contributed by atoms with Gasteiger partial charge in [-0.25, -0.2) is 0 Å². The Balaban J connectivity index is 2.06. The van der Waals surface area contributed by atoms with Crippen LogP contribution in [0.1, 0.15) is 45.7 Å². The van der Waals surface area contributed by atoms with Gasteiger partial charge in [0, 0.05) is 28.8 Å². The summed E-state index contributed by atoms with van der Waals surface area (Å²) in [5.74, 6) is 0.301. The lowest BCUT2D eigenvalue weighted by atomic mass is 9.84. The number of hydrogen-bond acceptors (Lipinski definition) is 6. The molecule has 0 spiro atoms. The van der Waals surface area contributed by atoms with Gasteiger partial charge in [-0.15, -0.1) is 5.06 Å². The number of fused-ring (bicyclic) bond motifs is 1. The van der Waals surface area contributed by atoms with Crippen molar-refractivity contribution >= 4 is 17.2 Å². The lowest BCUT2D eigenvalue weighted by Gasteiger charge is -2.39. The molecule has 0 aliphatic carbocycles. The number of hydroxylamine groups is 2. The highest BCUT2D eigenvalue weighted by Crippen LogP contribution is 2.56. The van der Waals surface area contributed by atoms with Crippen molar-refractivity contribution in [2.45, 2.75) is 51.4 Å². The zero-order chi connectivity index (χ0) is 21.9. The Kier molecular flexibility index (Phi) is 4.38. The lowest BCUT2D eigenvalue weighted by Crippen LogP contribution is -2.52. The molecule has 0 amide bonds. The molecular formula is C23H25N3O4. The van der Waals surface area contributed by atoms with Gasteiger partial charge in [0.2, 0.25) is 0 Å². The molecule has 4 rings (SSSR count). The Morgan fingerprint density at radius 3 is 2.33 bits per heavy atom. The summed E-state index contributed by atoms with van der Waals surface area (Å²) < 4.78 is 0. The van der Waals surface area contributed by atoms with Gasteiger partial charge in [-0.1, -0.05) is 42.5 Å². The predicted octanol–water partition coefficient (Wildman–Crippen LogP) is 4.16. The molecule has 156 valence electrons. The maximum Gasteiger partial charge on any atom is 0.269 e. The standard InChI is InChI=1S/C23H25N3O4/c1-15(27)19-20(16-10-7-6-8-11-16)30-26-22(4,5)21(2,3)24-23(19,26)17-12-9-13-18(14-17)25(28)29/h6-14,24H,1-5H3. The number of nitro benzene ring substituents is 1. The van der Waals surface area contributed by atoms with Crippen LogP contribution in [0.15, 0.2) is 60.2 Å². The number of nitro groups is 1. The largest absolute Gasteiger partial charge is 0.402 e. The van der Waals surface area contributed by atoms with Crippen LogP contribution in [-0.4, -0.2) is 26.8 Å². The fourth-order valence-electron chi connectivity index (χ4n) is 4.36.